The van der Waals surface area contributed by atoms with Gasteiger partial charge in [0, 0.05) is 24.0 Å². The predicted molar refractivity (Wildman–Crippen MR) is 71.8 cm³/mol. The van der Waals surface area contributed by atoms with Crippen LogP contribution in [0.25, 0.3) is 0 Å². The van der Waals surface area contributed by atoms with Gasteiger partial charge in [0.25, 0.3) is 5.91 Å². The van der Waals surface area contributed by atoms with Crippen LogP contribution in [0.5, 0.6) is 0 Å². The highest BCUT2D eigenvalue weighted by atomic mass is 16.5. The van der Waals surface area contributed by atoms with Crippen LogP contribution in [0.3, 0.4) is 0 Å². The van der Waals surface area contributed by atoms with Crippen LogP contribution in [0.2, 0.25) is 0 Å². The number of esters is 1. The van der Waals surface area contributed by atoms with Crippen molar-refractivity contribution in [1.29, 1.82) is 0 Å². The van der Waals surface area contributed by atoms with Gasteiger partial charge in [-0.2, -0.15) is 0 Å². The topological polar surface area (TPSA) is 68.3 Å². The molecule has 0 unspecified atom stereocenters. The van der Waals surface area contributed by atoms with Gasteiger partial charge in [-0.1, -0.05) is 0 Å². The van der Waals surface area contributed by atoms with Crippen LogP contribution in [0.4, 0.5) is 0 Å². The predicted octanol–water partition coefficient (Wildman–Crippen LogP) is 1.40. The molecule has 1 aromatic rings. The molecular formula is C15H18N2O3. The van der Waals surface area contributed by atoms with Crippen molar-refractivity contribution in [3.05, 3.63) is 30.1 Å². The Hall–Kier alpha value is -1.91. The number of carbonyl (C=O) groups is 2. The third-order valence-corrected chi connectivity index (χ3v) is 4.63. The van der Waals surface area contributed by atoms with Crippen LogP contribution < -0.4 is 5.32 Å². The van der Waals surface area contributed by atoms with Crippen LogP contribution in [-0.2, 0) is 9.53 Å². The lowest BCUT2D eigenvalue weighted by molar-refractivity contribution is -0.148. The Kier molecular flexibility index (Phi) is 3.42. The van der Waals surface area contributed by atoms with Gasteiger partial charge in [-0.3, -0.25) is 14.6 Å². The Labute approximate surface area is 117 Å². The number of pyridine rings is 1. The molecule has 2 fully saturated rings. The van der Waals surface area contributed by atoms with Crippen molar-refractivity contribution in [3.63, 3.8) is 0 Å². The molecule has 3 rings (SSSR count). The zero-order chi connectivity index (χ0) is 14.1. The fourth-order valence-corrected chi connectivity index (χ4v) is 3.71. The van der Waals surface area contributed by atoms with Gasteiger partial charge in [-0.25, -0.2) is 0 Å². The minimum absolute atomic E-state index is 0.0955. The van der Waals surface area contributed by atoms with Crippen molar-refractivity contribution < 1.29 is 14.3 Å². The standard InChI is InChI=1S/C15H18N2O3/c1-20-15(19)12-10-2-3-11(8-10)13(12)17-14(18)9-4-6-16-7-5-9/h4-7,10-13H,2-3,8H2,1H3,(H,17,18)/t10-,11-,12+,13-/m0/s1. The molecular weight excluding hydrogens is 256 g/mol. The van der Waals surface area contributed by atoms with Gasteiger partial charge < -0.3 is 10.1 Å². The third-order valence-electron chi connectivity index (χ3n) is 4.63. The minimum Gasteiger partial charge on any atom is -0.469 e. The van der Waals surface area contributed by atoms with Crippen molar-refractivity contribution in [2.24, 2.45) is 17.8 Å². The molecule has 5 nitrogen and oxygen atoms in total. The lowest BCUT2D eigenvalue weighted by Gasteiger charge is -2.29. The second-order valence-corrected chi connectivity index (χ2v) is 5.62. The van der Waals surface area contributed by atoms with Gasteiger partial charge in [0.05, 0.1) is 13.0 Å². The first-order valence-corrected chi connectivity index (χ1v) is 6.99. The maximum Gasteiger partial charge on any atom is 0.311 e. The Morgan fingerprint density at radius 2 is 1.95 bits per heavy atom. The average Bonchev–Trinajstić information content (AvgIpc) is 3.08. The molecule has 5 heteroatoms. The molecule has 0 aliphatic heterocycles. The van der Waals surface area contributed by atoms with Crippen LogP contribution in [-0.4, -0.2) is 30.0 Å². The fraction of sp³-hybridized carbons (Fsp3) is 0.533. The van der Waals surface area contributed by atoms with E-state index in [1.54, 1.807) is 24.5 Å². The lowest BCUT2D eigenvalue weighted by atomic mass is 9.84. The molecule has 106 valence electrons. The molecule has 2 aliphatic carbocycles. The fourth-order valence-electron chi connectivity index (χ4n) is 3.71. The number of nitrogens with zero attached hydrogens (tertiary/aromatic N) is 1. The second-order valence-electron chi connectivity index (χ2n) is 5.62. The maximum absolute atomic E-state index is 12.2. The molecule has 2 saturated carbocycles. The number of nitrogens with one attached hydrogen (secondary N) is 1. The smallest absolute Gasteiger partial charge is 0.311 e. The number of amides is 1. The number of hydrogen-bond donors (Lipinski definition) is 1. The summed E-state index contributed by atoms with van der Waals surface area (Å²) in [5, 5.41) is 3.02. The normalized spacial score (nSPS) is 31.1. The summed E-state index contributed by atoms with van der Waals surface area (Å²) in [6.07, 6.45) is 6.34. The highest BCUT2D eigenvalue weighted by Crippen LogP contribution is 2.48. The van der Waals surface area contributed by atoms with Crippen LogP contribution in [0.15, 0.2) is 24.5 Å². The molecule has 1 amide bonds. The first-order chi connectivity index (χ1) is 9.70. The molecule has 0 radical (unpaired) electrons. The van der Waals surface area contributed by atoms with Crippen molar-refractivity contribution in [3.8, 4) is 0 Å². The molecule has 2 aliphatic rings. The monoisotopic (exact) mass is 274 g/mol. The van der Waals surface area contributed by atoms with E-state index >= 15 is 0 Å². The number of fused-ring (bicyclic) bond motifs is 2. The zero-order valence-electron chi connectivity index (χ0n) is 11.4. The molecule has 1 N–H and O–H groups in total. The molecule has 1 heterocycles. The number of carbonyl (C=O) groups excluding carboxylic acids is 2. The molecule has 4 atom stereocenters. The molecule has 20 heavy (non-hydrogen) atoms. The van der Waals surface area contributed by atoms with Crippen LogP contribution >= 0.6 is 0 Å². The van der Waals surface area contributed by atoms with Crippen molar-refractivity contribution in [2.45, 2.75) is 25.3 Å². The second kappa shape index (κ2) is 5.23. The number of ether oxygens (including phenoxy) is 1. The molecule has 1 aromatic heterocycles. The summed E-state index contributed by atoms with van der Waals surface area (Å²) in [6.45, 7) is 0. The Morgan fingerprint density at radius 3 is 2.65 bits per heavy atom. The number of aromatic nitrogens is 1. The SMILES string of the molecule is COC(=O)[C@@H]1[C@H]2CC[C@@H](C2)[C@@H]1NC(=O)c1ccncc1. The lowest BCUT2D eigenvalue weighted by Crippen LogP contribution is -2.47. The van der Waals surface area contributed by atoms with Crippen LogP contribution in [0.1, 0.15) is 29.6 Å². The van der Waals surface area contributed by atoms with E-state index in [1.165, 1.54) is 7.11 Å². The summed E-state index contributed by atoms with van der Waals surface area (Å²) in [5.74, 6) is 0.227. The van der Waals surface area contributed by atoms with E-state index in [9.17, 15) is 9.59 Å². The Bertz CT molecular complexity index is 517. The first-order valence-electron chi connectivity index (χ1n) is 6.99. The Balaban J connectivity index is 1.75. The third kappa shape index (κ3) is 2.17. The van der Waals surface area contributed by atoms with E-state index in [2.05, 4.69) is 10.3 Å². The van der Waals surface area contributed by atoms with E-state index in [0.717, 1.165) is 19.3 Å². The number of hydrogen-bond acceptors (Lipinski definition) is 4. The number of rotatable bonds is 3. The van der Waals surface area contributed by atoms with E-state index in [0.29, 0.717) is 17.4 Å². The van der Waals surface area contributed by atoms with E-state index in [1.807, 2.05) is 0 Å². The summed E-state index contributed by atoms with van der Waals surface area (Å²) in [5.41, 5.74) is 0.575. The average molecular weight is 274 g/mol. The largest absolute Gasteiger partial charge is 0.469 e. The molecule has 0 saturated heterocycles. The van der Waals surface area contributed by atoms with E-state index < -0.39 is 0 Å². The highest BCUT2D eigenvalue weighted by Gasteiger charge is 2.52. The minimum atomic E-state index is -0.197. The summed E-state index contributed by atoms with van der Waals surface area (Å²) in [4.78, 5) is 28.1. The van der Waals surface area contributed by atoms with Gasteiger partial charge in [0.2, 0.25) is 0 Å². The Morgan fingerprint density at radius 1 is 1.25 bits per heavy atom. The summed E-state index contributed by atoms with van der Waals surface area (Å²) < 4.78 is 4.90. The summed E-state index contributed by atoms with van der Waals surface area (Å²) in [7, 11) is 1.41. The zero-order valence-corrected chi connectivity index (χ0v) is 11.4. The van der Waals surface area contributed by atoms with Crippen molar-refractivity contribution in [1.82, 2.24) is 10.3 Å². The molecule has 0 spiro atoms. The van der Waals surface area contributed by atoms with Crippen molar-refractivity contribution in [2.75, 3.05) is 7.11 Å². The van der Waals surface area contributed by atoms with Gasteiger partial charge >= 0.3 is 5.97 Å². The molecule has 2 bridgehead atoms. The van der Waals surface area contributed by atoms with Gasteiger partial charge in [0.1, 0.15) is 0 Å². The first kappa shape index (κ1) is 13.1. The van der Waals surface area contributed by atoms with Gasteiger partial charge in [-0.05, 0) is 43.2 Å². The quantitative estimate of drug-likeness (QED) is 0.846. The molecule has 0 aromatic carbocycles. The van der Waals surface area contributed by atoms with Gasteiger partial charge in [0.15, 0.2) is 0 Å². The van der Waals surface area contributed by atoms with Crippen LogP contribution in [0, 0.1) is 17.8 Å². The highest BCUT2D eigenvalue weighted by molar-refractivity contribution is 5.94. The maximum atomic E-state index is 12.2. The van der Waals surface area contributed by atoms with E-state index in [4.69, 9.17) is 4.74 Å². The van der Waals surface area contributed by atoms with Gasteiger partial charge in [-0.15, -0.1) is 0 Å². The van der Waals surface area contributed by atoms with E-state index in [-0.39, 0.29) is 23.8 Å². The summed E-state index contributed by atoms with van der Waals surface area (Å²) in [6, 6.07) is 3.26. The van der Waals surface area contributed by atoms with Crippen molar-refractivity contribution >= 4 is 11.9 Å². The summed E-state index contributed by atoms with van der Waals surface area (Å²) >= 11 is 0. The number of methoxy groups -OCH3 is 1.